The summed E-state index contributed by atoms with van der Waals surface area (Å²) in [6.07, 6.45) is -5.89. The van der Waals surface area contributed by atoms with Crippen LogP contribution in [-0.4, -0.2) is 22.7 Å². The monoisotopic (exact) mass is 383 g/mol. The molecular formula is C19H17F4NO3. The first kappa shape index (κ1) is 19.2. The zero-order valence-corrected chi connectivity index (χ0v) is 14.5. The Labute approximate surface area is 152 Å². The number of benzene rings is 2. The lowest BCUT2D eigenvalue weighted by Crippen LogP contribution is -2.53. The molecule has 2 aromatic rings. The van der Waals surface area contributed by atoms with Crippen LogP contribution in [0.25, 0.3) is 0 Å². The molecule has 1 aliphatic rings. The summed E-state index contributed by atoms with van der Waals surface area (Å²) in [6, 6.07) is 6.44. The van der Waals surface area contributed by atoms with Crippen LogP contribution in [0, 0.1) is 5.82 Å². The lowest BCUT2D eigenvalue weighted by molar-refractivity contribution is -0.137. The van der Waals surface area contributed by atoms with E-state index < -0.39 is 41.2 Å². The van der Waals surface area contributed by atoms with E-state index in [1.54, 1.807) is 13.8 Å². The number of aliphatic hydroxyl groups is 1. The Hall–Kier alpha value is -2.61. The molecule has 144 valence electrons. The number of hydrogen-bond acceptors (Lipinski definition) is 3. The first-order valence-electron chi connectivity index (χ1n) is 8.14. The predicted octanol–water partition coefficient (Wildman–Crippen LogP) is 3.85. The molecule has 8 heteroatoms. The molecule has 4 nitrogen and oxygen atoms in total. The minimum atomic E-state index is -4.58. The van der Waals surface area contributed by atoms with E-state index in [9.17, 15) is 27.5 Å². The maximum absolute atomic E-state index is 13.1. The van der Waals surface area contributed by atoms with Gasteiger partial charge in [-0.05, 0) is 56.3 Å². The molecule has 27 heavy (non-hydrogen) atoms. The number of amides is 1. The number of aliphatic hydroxyl groups excluding tert-OH is 1. The number of nitrogens with one attached hydrogen (secondary N) is 1. The van der Waals surface area contributed by atoms with E-state index in [-0.39, 0.29) is 16.9 Å². The minimum Gasteiger partial charge on any atom is -0.485 e. The summed E-state index contributed by atoms with van der Waals surface area (Å²) in [6.45, 7) is 3.13. The van der Waals surface area contributed by atoms with Crippen molar-refractivity contribution in [2.24, 2.45) is 0 Å². The number of halogens is 4. The van der Waals surface area contributed by atoms with Crippen LogP contribution < -0.4 is 10.1 Å². The molecule has 0 radical (unpaired) electrons. The van der Waals surface area contributed by atoms with Crippen molar-refractivity contribution >= 4 is 5.91 Å². The predicted molar refractivity (Wildman–Crippen MR) is 88.8 cm³/mol. The largest absolute Gasteiger partial charge is 0.485 e. The van der Waals surface area contributed by atoms with Crippen molar-refractivity contribution in [3.8, 4) is 5.75 Å². The van der Waals surface area contributed by atoms with E-state index >= 15 is 0 Å². The molecule has 0 bridgehead atoms. The van der Waals surface area contributed by atoms with Crippen LogP contribution in [0.5, 0.6) is 5.75 Å². The topological polar surface area (TPSA) is 58.6 Å². The SMILES string of the molecule is CC1(C)Oc2ccc(C(F)(F)F)cc2[C@H](NC(=O)c2ccc(F)cc2)[C@H]1O. The molecule has 0 fully saturated rings. The molecular weight excluding hydrogens is 366 g/mol. The molecule has 0 saturated heterocycles. The molecule has 2 aromatic carbocycles. The highest BCUT2D eigenvalue weighted by molar-refractivity contribution is 5.94. The van der Waals surface area contributed by atoms with Gasteiger partial charge in [0.2, 0.25) is 0 Å². The molecule has 2 N–H and O–H groups in total. The summed E-state index contributed by atoms with van der Waals surface area (Å²) in [4.78, 5) is 12.5. The fourth-order valence-electron chi connectivity index (χ4n) is 2.96. The van der Waals surface area contributed by atoms with Crippen molar-refractivity contribution in [3.63, 3.8) is 0 Å². The van der Waals surface area contributed by atoms with Gasteiger partial charge in [0.1, 0.15) is 23.3 Å². The molecule has 2 atom stereocenters. The summed E-state index contributed by atoms with van der Waals surface area (Å²) >= 11 is 0. The lowest BCUT2D eigenvalue weighted by atomic mass is 9.85. The smallest absolute Gasteiger partial charge is 0.416 e. The number of carbonyl (C=O) groups is 1. The normalized spacial score (nSPS) is 21.1. The number of fused-ring (bicyclic) bond motifs is 1. The number of carbonyl (C=O) groups excluding carboxylic acids is 1. The highest BCUT2D eigenvalue weighted by Crippen LogP contribution is 2.42. The fraction of sp³-hybridized carbons (Fsp3) is 0.316. The molecule has 1 heterocycles. The van der Waals surface area contributed by atoms with Gasteiger partial charge in [-0.2, -0.15) is 13.2 Å². The highest BCUT2D eigenvalue weighted by Gasteiger charge is 2.44. The summed E-state index contributed by atoms with van der Waals surface area (Å²) in [5, 5.41) is 13.1. The van der Waals surface area contributed by atoms with Gasteiger partial charge in [-0.3, -0.25) is 4.79 Å². The van der Waals surface area contributed by atoms with E-state index in [1.165, 1.54) is 18.2 Å². The Bertz CT molecular complexity index is 862. The quantitative estimate of drug-likeness (QED) is 0.775. The maximum atomic E-state index is 13.1. The van der Waals surface area contributed by atoms with Crippen LogP contribution in [-0.2, 0) is 6.18 Å². The number of alkyl halides is 3. The molecule has 0 aliphatic carbocycles. The second-order valence-electron chi connectivity index (χ2n) is 6.86. The minimum absolute atomic E-state index is 0.0205. The zero-order chi connectivity index (χ0) is 20.0. The van der Waals surface area contributed by atoms with Gasteiger partial charge >= 0.3 is 6.18 Å². The molecule has 0 saturated carbocycles. The average molecular weight is 383 g/mol. The molecule has 1 amide bonds. The summed E-state index contributed by atoms with van der Waals surface area (Å²) < 4.78 is 57.9. The molecule has 1 aliphatic heterocycles. The van der Waals surface area contributed by atoms with E-state index in [0.717, 1.165) is 24.3 Å². The van der Waals surface area contributed by atoms with Gasteiger partial charge in [0.25, 0.3) is 5.91 Å². The van der Waals surface area contributed by atoms with Gasteiger partial charge in [-0.1, -0.05) is 0 Å². The summed E-state index contributed by atoms with van der Waals surface area (Å²) in [5.41, 5.74) is -1.93. The number of rotatable bonds is 2. The average Bonchev–Trinajstić information content (AvgIpc) is 2.58. The standard InChI is InChI=1S/C19H17F4NO3/c1-18(2)16(25)15(24-17(26)10-3-6-12(20)7-4-10)13-9-11(19(21,22)23)5-8-14(13)27-18/h3-9,15-16,25H,1-2H3,(H,24,26)/t15-,16+/m0/s1. The second kappa shape index (κ2) is 6.53. The Morgan fingerprint density at radius 2 is 1.78 bits per heavy atom. The van der Waals surface area contributed by atoms with Crippen molar-refractivity contribution in [1.82, 2.24) is 5.32 Å². The van der Waals surface area contributed by atoms with Crippen LogP contribution in [0.4, 0.5) is 17.6 Å². The Balaban J connectivity index is 2.00. The lowest BCUT2D eigenvalue weighted by Gasteiger charge is -2.42. The third-order valence-electron chi connectivity index (χ3n) is 4.47. The second-order valence-corrected chi connectivity index (χ2v) is 6.86. The van der Waals surface area contributed by atoms with Crippen LogP contribution in [0.2, 0.25) is 0 Å². The van der Waals surface area contributed by atoms with E-state index in [2.05, 4.69) is 5.32 Å². The first-order valence-corrected chi connectivity index (χ1v) is 8.14. The van der Waals surface area contributed by atoms with E-state index in [1.807, 2.05) is 0 Å². The van der Waals surface area contributed by atoms with Gasteiger partial charge in [-0.15, -0.1) is 0 Å². The van der Waals surface area contributed by atoms with Crippen molar-refractivity contribution in [2.75, 3.05) is 0 Å². The third kappa shape index (κ3) is 3.75. The van der Waals surface area contributed by atoms with Gasteiger partial charge in [0.15, 0.2) is 0 Å². The Kier molecular flexibility index (Phi) is 4.63. The van der Waals surface area contributed by atoms with Crippen LogP contribution in [0.15, 0.2) is 42.5 Å². The molecule has 3 rings (SSSR count). The van der Waals surface area contributed by atoms with Crippen LogP contribution in [0.3, 0.4) is 0 Å². The fourth-order valence-corrected chi connectivity index (χ4v) is 2.96. The maximum Gasteiger partial charge on any atom is 0.416 e. The Morgan fingerprint density at radius 3 is 2.37 bits per heavy atom. The van der Waals surface area contributed by atoms with Crippen molar-refractivity contribution in [3.05, 3.63) is 65.0 Å². The van der Waals surface area contributed by atoms with E-state index in [4.69, 9.17) is 4.74 Å². The van der Waals surface area contributed by atoms with Crippen molar-refractivity contribution < 1.29 is 32.2 Å². The highest BCUT2D eigenvalue weighted by atomic mass is 19.4. The third-order valence-corrected chi connectivity index (χ3v) is 4.47. The summed E-state index contributed by atoms with van der Waals surface area (Å²) in [7, 11) is 0. The van der Waals surface area contributed by atoms with Crippen molar-refractivity contribution in [1.29, 1.82) is 0 Å². The first-order chi connectivity index (χ1) is 12.5. The molecule has 0 aromatic heterocycles. The molecule has 0 unspecified atom stereocenters. The van der Waals surface area contributed by atoms with Crippen LogP contribution >= 0.6 is 0 Å². The summed E-state index contributed by atoms with van der Waals surface area (Å²) in [5.74, 6) is -1.04. The van der Waals surface area contributed by atoms with Crippen LogP contribution in [0.1, 0.15) is 41.4 Å². The van der Waals surface area contributed by atoms with E-state index in [0.29, 0.717) is 0 Å². The number of ether oxygens (including phenoxy) is 1. The van der Waals surface area contributed by atoms with Crippen molar-refractivity contribution in [2.45, 2.75) is 37.8 Å². The zero-order valence-electron chi connectivity index (χ0n) is 14.5. The number of hydrogen-bond donors (Lipinski definition) is 2. The Morgan fingerprint density at radius 1 is 1.15 bits per heavy atom. The van der Waals surface area contributed by atoms with Gasteiger partial charge in [-0.25, -0.2) is 4.39 Å². The van der Waals surface area contributed by atoms with Gasteiger partial charge in [0.05, 0.1) is 11.6 Å². The van der Waals surface area contributed by atoms with Gasteiger partial charge in [0, 0.05) is 11.1 Å². The molecule has 0 spiro atoms. The van der Waals surface area contributed by atoms with Gasteiger partial charge < -0.3 is 15.2 Å².